The lowest BCUT2D eigenvalue weighted by molar-refractivity contribution is -0.118. The number of halogens is 1. The number of hydrogen-bond acceptors (Lipinski definition) is 6. The molecule has 9 heteroatoms. The van der Waals surface area contributed by atoms with Gasteiger partial charge in [-0.2, -0.15) is 0 Å². The van der Waals surface area contributed by atoms with E-state index in [0.29, 0.717) is 15.9 Å². The van der Waals surface area contributed by atoms with Gasteiger partial charge in [-0.3, -0.25) is 9.69 Å². The molecule has 0 aliphatic heterocycles. The van der Waals surface area contributed by atoms with Crippen molar-refractivity contribution in [3.8, 4) is 0 Å². The highest BCUT2D eigenvalue weighted by atomic mass is 35.5. The van der Waals surface area contributed by atoms with Crippen LogP contribution in [0.2, 0.25) is 5.02 Å². The predicted molar refractivity (Wildman–Crippen MR) is 128 cm³/mol. The van der Waals surface area contributed by atoms with E-state index in [4.69, 9.17) is 16.0 Å². The number of furan rings is 1. The number of sulfone groups is 1. The zero-order chi connectivity index (χ0) is 22.6. The quantitative estimate of drug-likeness (QED) is 0.312. The summed E-state index contributed by atoms with van der Waals surface area (Å²) in [5.74, 6) is 0.322. The summed E-state index contributed by atoms with van der Waals surface area (Å²) in [6.45, 7) is 0.218. The Bertz CT molecular complexity index is 1300. The third-order valence-electron chi connectivity index (χ3n) is 4.84. The highest BCUT2D eigenvalue weighted by Crippen LogP contribution is 2.32. The summed E-state index contributed by atoms with van der Waals surface area (Å²) in [5.41, 5.74) is 1.49. The van der Waals surface area contributed by atoms with Crippen LogP contribution in [0.4, 0.5) is 5.13 Å². The van der Waals surface area contributed by atoms with Gasteiger partial charge in [0.05, 0.1) is 34.5 Å². The minimum atomic E-state index is -3.31. The Labute approximate surface area is 195 Å². The van der Waals surface area contributed by atoms with Crippen molar-refractivity contribution >= 4 is 54.0 Å². The van der Waals surface area contributed by atoms with Gasteiger partial charge in [-0.1, -0.05) is 53.3 Å². The molecule has 32 heavy (non-hydrogen) atoms. The number of anilines is 1. The minimum absolute atomic E-state index is 0.0310. The molecule has 0 bridgehead atoms. The molecule has 1 amide bonds. The third-order valence-corrected chi connectivity index (χ3v) is 7.80. The van der Waals surface area contributed by atoms with Gasteiger partial charge in [-0.25, -0.2) is 13.4 Å². The monoisotopic (exact) mass is 488 g/mol. The molecule has 0 radical (unpaired) electrons. The van der Waals surface area contributed by atoms with Gasteiger partial charge in [0.1, 0.15) is 5.76 Å². The van der Waals surface area contributed by atoms with Crippen molar-refractivity contribution in [1.82, 2.24) is 4.98 Å². The van der Waals surface area contributed by atoms with Gasteiger partial charge < -0.3 is 4.42 Å². The molecular weight excluding hydrogens is 468 g/mol. The molecule has 0 unspecified atom stereocenters. The highest BCUT2D eigenvalue weighted by Gasteiger charge is 2.22. The Balaban J connectivity index is 1.46. The number of amides is 1. The second-order valence-electron chi connectivity index (χ2n) is 7.35. The average Bonchev–Trinajstić information content (AvgIpc) is 3.41. The minimum Gasteiger partial charge on any atom is -0.467 e. The Kier molecular flexibility index (Phi) is 6.93. The first-order chi connectivity index (χ1) is 15.4. The molecular formula is C23H21ClN2O4S2. The number of fused-ring (bicyclic) bond motifs is 1. The zero-order valence-corrected chi connectivity index (χ0v) is 19.5. The molecule has 166 valence electrons. The van der Waals surface area contributed by atoms with Crippen LogP contribution in [0.3, 0.4) is 0 Å². The van der Waals surface area contributed by atoms with Gasteiger partial charge in [0.15, 0.2) is 15.0 Å². The number of hydrogen-bond donors (Lipinski definition) is 0. The number of aromatic nitrogens is 1. The van der Waals surface area contributed by atoms with Crippen LogP contribution in [-0.2, 0) is 26.9 Å². The van der Waals surface area contributed by atoms with Crippen LogP contribution >= 0.6 is 22.9 Å². The van der Waals surface area contributed by atoms with Crippen molar-refractivity contribution in [2.45, 2.75) is 25.1 Å². The van der Waals surface area contributed by atoms with Gasteiger partial charge in [0, 0.05) is 11.4 Å². The summed E-state index contributed by atoms with van der Waals surface area (Å²) >= 11 is 7.44. The number of thiazole rings is 1. The molecule has 4 aromatic rings. The first-order valence-electron chi connectivity index (χ1n) is 10.0. The smallest absolute Gasteiger partial charge is 0.229 e. The average molecular weight is 489 g/mol. The normalized spacial score (nSPS) is 11.7. The Morgan fingerprint density at radius 1 is 1.09 bits per heavy atom. The fraction of sp³-hybridized carbons (Fsp3) is 0.217. The van der Waals surface area contributed by atoms with Gasteiger partial charge in [0.25, 0.3) is 0 Å². The summed E-state index contributed by atoms with van der Waals surface area (Å²) in [6.07, 6.45) is 1.87. The molecule has 0 aliphatic carbocycles. The maximum Gasteiger partial charge on any atom is 0.229 e. The lowest BCUT2D eigenvalue weighted by atomic mass is 10.2. The largest absolute Gasteiger partial charge is 0.467 e. The molecule has 0 fully saturated rings. The lowest BCUT2D eigenvalue weighted by Crippen LogP contribution is -2.30. The van der Waals surface area contributed by atoms with Gasteiger partial charge in [-0.15, -0.1) is 0 Å². The van der Waals surface area contributed by atoms with Gasteiger partial charge in [-0.05, 0) is 42.3 Å². The third kappa shape index (κ3) is 5.76. The molecule has 0 aliphatic rings. The number of benzene rings is 2. The van der Waals surface area contributed by atoms with E-state index in [-0.39, 0.29) is 36.8 Å². The molecule has 0 spiro atoms. The SMILES string of the molecule is O=C(CCCS(=O)(=O)Cc1ccccc1)N(Cc1ccco1)c1nc2ccc(Cl)cc2s1. The topological polar surface area (TPSA) is 80.5 Å². The van der Waals surface area contributed by atoms with Gasteiger partial charge >= 0.3 is 0 Å². The van der Waals surface area contributed by atoms with E-state index in [1.54, 1.807) is 41.5 Å². The molecule has 4 rings (SSSR count). The Morgan fingerprint density at radius 3 is 2.66 bits per heavy atom. The summed E-state index contributed by atoms with van der Waals surface area (Å²) in [7, 11) is -3.31. The van der Waals surface area contributed by atoms with E-state index in [9.17, 15) is 13.2 Å². The van der Waals surface area contributed by atoms with Crippen molar-refractivity contribution in [3.63, 3.8) is 0 Å². The van der Waals surface area contributed by atoms with E-state index in [2.05, 4.69) is 4.98 Å². The second kappa shape index (κ2) is 9.85. The first-order valence-corrected chi connectivity index (χ1v) is 13.0. The molecule has 2 heterocycles. The van der Waals surface area contributed by atoms with Gasteiger partial charge in [0.2, 0.25) is 5.91 Å². The van der Waals surface area contributed by atoms with E-state index < -0.39 is 9.84 Å². The summed E-state index contributed by atoms with van der Waals surface area (Å²) in [6, 6.07) is 18.0. The van der Waals surface area contributed by atoms with E-state index in [1.165, 1.54) is 11.3 Å². The van der Waals surface area contributed by atoms with E-state index in [1.807, 2.05) is 30.3 Å². The summed E-state index contributed by atoms with van der Waals surface area (Å²) < 4.78 is 31.2. The Hall–Kier alpha value is -2.68. The van der Waals surface area contributed by atoms with Crippen LogP contribution in [0.1, 0.15) is 24.2 Å². The van der Waals surface area contributed by atoms with Crippen LogP contribution in [0.25, 0.3) is 10.2 Å². The van der Waals surface area contributed by atoms with Crippen molar-refractivity contribution in [1.29, 1.82) is 0 Å². The fourth-order valence-electron chi connectivity index (χ4n) is 3.30. The molecule has 2 aromatic heterocycles. The van der Waals surface area contributed by atoms with Crippen LogP contribution in [0.15, 0.2) is 71.3 Å². The maximum atomic E-state index is 13.1. The second-order valence-corrected chi connectivity index (χ2v) is 11.0. The van der Waals surface area contributed by atoms with Crippen molar-refractivity contribution in [3.05, 3.63) is 83.3 Å². The molecule has 2 aromatic carbocycles. The standard InChI is InChI=1S/C23H21ClN2O4S2/c24-18-10-11-20-21(14-18)31-23(25-20)26(15-19-8-4-12-30-19)22(27)9-5-13-32(28,29)16-17-6-2-1-3-7-17/h1-4,6-8,10-12,14H,5,9,13,15-16H2. The van der Waals surface area contributed by atoms with E-state index >= 15 is 0 Å². The van der Waals surface area contributed by atoms with Crippen LogP contribution < -0.4 is 4.90 Å². The molecule has 0 atom stereocenters. The van der Waals surface area contributed by atoms with Crippen molar-refractivity contribution < 1.29 is 17.6 Å². The van der Waals surface area contributed by atoms with Crippen molar-refractivity contribution in [2.24, 2.45) is 0 Å². The number of carbonyl (C=O) groups is 1. The zero-order valence-electron chi connectivity index (χ0n) is 17.1. The number of carbonyl (C=O) groups excluding carboxylic acids is 1. The van der Waals surface area contributed by atoms with Crippen LogP contribution in [0, 0.1) is 0 Å². The molecule has 0 saturated carbocycles. The summed E-state index contributed by atoms with van der Waals surface area (Å²) in [5, 5.41) is 1.12. The maximum absolute atomic E-state index is 13.1. The van der Waals surface area contributed by atoms with Crippen LogP contribution in [0.5, 0.6) is 0 Å². The van der Waals surface area contributed by atoms with E-state index in [0.717, 1.165) is 15.8 Å². The van der Waals surface area contributed by atoms with Crippen LogP contribution in [-0.4, -0.2) is 25.1 Å². The number of nitrogens with zero attached hydrogens (tertiary/aromatic N) is 2. The first kappa shape index (κ1) is 22.5. The highest BCUT2D eigenvalue weighted by molar-refractivity contribution is 7.90. The summed E-state index contributed by atoms with van der Waals surface area (Å²) in [4.78, 5) is 19.2. The molecule has 0 N–H and O–H groups in total. The molecule has 0 saturated heterocycles. The predicted octanol–water partition coefficient (Wildman–Crippen LogP) is 5.47. The molecule has 6 nitrogen and oxygen atoms in total. The van der Waals surface area contributed by atoms with Crippen molar-refractivity contribution in [2.75, 3.05) is 10.7 Å². The number of rotatable bonds is 9. The lowest BCUT2D eigenvalue weighted by Gasteiger charge is -2.18. The Morgan fingerprint density at radius 2 is 1.91 bits per heavy atom. The fourth-order valence-corrected chi connectivity index (χ4v) is 5.99.